The third-order valence-corrected chi connectivity index (χ3v) is 10.3. The SMILES string of the molecule is COC(=O)CC1(CC2(CC(=O)OC)c3ccccc3-c3nc4ccccc4cc32)C2=CCCC=C2C2=C1C=C1C=CC=CC1N2. The van der Waals surface area contributed by atoms with Crippen LogP contribution in [0, 0.1) is 5.41 Å². The molecule has 0 radical (unpaired) electrons. The van der Waals surface area contributed by atoms with Crippen LogP contribution in [0.1, 0.15) is 43.2 Å². The minimum atomic E-state index is -0.826. The standard InChI is InChI=1S/C39H34N2O4/c1-44-34(42)21-38(28-15-7-5-13-26(28)36-30(38)19-24-11-3-9-17-32(24)40-36)23-39(22-35(43)45-2)29-16-8-6-14-27(29)37-31(39)20-25-12-4-10-18-33(25)41-37/h3-5,7,9-20,33,41H,6,8,21-23H2,1-2H3. The molecule has 6 nitrogen and oxygen atoms in total. The number of allylic oxidation sites excluding steroid dienone is 7. The smallest absolute Gasteiger partial charge is 0.306 e. The van der Waals surface area contributed by atoms with Crippen molar-refractivity contribution in [3.05, 3.63) is 136 Å². The van der Waals surface area contributed by atoms with E-state index in [9.17, 15) is 9.59 Å². The second-order valence-corrected chi connectivity index (χ2v) is 12.6. The van der Waals surface area contributed by atoms with E-state index in [0.29, 0.717) is 6.42 Å². The van der Waals surface area contributed by atoms with Crippen LogP contribution >= 0.6 is 0 Å². The molecule has 8 rings (SSSR count). The number of rotatable bonds is 6. The Labute approximate surface area is 262 Å². The Kier molecular flexibility index (Phi) is 6.31. The molecule has 1 aliphatic heterocycles. The summed E-state index contributed by atoms with van der Waals surface area (Å²) in [5, 5.41) is 4.83. The molecule has 1 N–H and O–H groups in total. The second kappa shape index (κ2) is 10.3. The fourth-order valence-corrected chi connectivity index (χ4v) is 8.39. The average molecular weight is 595 g/mol. The van der Waals surface area contributed by atoms with Gasteiger partial charge in [0.15, 0.2) is 0 Å². The van der Waals surface area contributed by atoms with Gasteiger partial charge in [0.2, 0.25) is 0 Å². The van der Waals surface area contributed by atoms with Crippen molar-refractivity contribution < 1.29 is 19.1 Å². The summed E-state index contributed by atoms with van der Waals surface area (Å²) in [5.74, 6) is -0.592. The fraction of sp³-hybridized carbons (Fsp3) is 0.256. The Morgan fingerprint density at radius 3 is 2.51 bits per heavy atom. The molecule has 6 heteroatoms. The minimum Gasteiger partial charge on any atom is -0.469 e. The molecule has 3 atom stereocenters. The van der Waals surface area contributed by atoms with Crippen molar-refractivity contribution in [3.63, 3.8) is 0 Å². The number of esters is 2. The number of carbonyl (C=O) groups is 2. The molecule has 45 heavy (non-hydrogen) atoms. The number of fused-ring (bicyclic) bond motifs is 7. The maximum Gasteiger partial charge on any atom is 0.306 e. The van der Waals surface area contributed by atoms with Gasteiger partial charge >= 0.3 is 11.9 Å². The van der Waals surface area contributed by atoms with Crippen LogP contribution < -0.4 is 5.32 Å². The summed E-state index contributed by atoms with van der Waals surface area (Å²) in [4.78, 5) is 32.3. The molecule has 0 saturated heterocycles. The van der Waals surface area contributed by atoms with Gasteiger partial charge in [-0.25, -0.2) is 4.98 Å². The summed E-state index contributed by atoms with van der Waals surface area (Å²) in [6, 6.07) is 18.6. The quantitative estimate of drug-likeness (QED) is 0.312. The van der Waals surface area contributed by atoms with Crippen molar-refractivity contribution in [1.82, 2.24) is 10.3 Å². The predicted octanol–water partition coefficient (Wildman–Crippen LogP) is 6.94. The summed E-state index contributed by atoms with van der Waals surface area (Å²) < 4.78 is 10.8. The lowest BCUT2D eigenvalue weighted by atomic mass is 9.59. The number of ether oxygens (including phenoxy) is 2. The highest BCUT2D eigenvalue weighted by atomic mass is 16.5. The molecule has 0 bridgehead atoms. The third kappa shape index (κ3) is 4.04. The zero-order chi connectivity index (χ0) is 30.8. The van der Waals surface area contributed by atoms with Crippen LogP contribution in [0.5, 0.6) is 0 Å². The molecule has 0 fully saturated rings. The number of hydrogen-bond acceptors (Lipinski definition) is 6. The first-order valence-corrected chi connectivity index (χ1v) is 15.6. The molecule has 5 aliphatic rings. The van der Waals surface area contributed by atoms with Crippen LogP contribution in [0.25, 0.3) is 22.2 Å². The van der Waals surface area contributed by atoms with Gasteiger partial charge in [-0.1, -0.05) is 85.0 Å². The lowest BCUT2D eigenvalue weighted by Gasteiger charge is -2.43. The molecule has 224 valence electrons. The topological polar surface area (TPSA) is 77.5 Å². The lowest BCUT2D eigenvalue weighted by molar-refractivity contribution is -0.142. The summed E-state index contributed by atoms with van der Waals surface area (Å²) in [6.07, 6.45) is 17.8. The number of aromatic nitrogens is 1. The van der Waals surface area contributed by atoms with Crippen LogP contribution in [0.3, 0.4) is 0 Å². The zero-order valence-electron chi connectivity index (χ0n) is 25.4. The van der Waals surface area contributed by atoms with Gasteiger partial charge in [0.25, 0.3) is 0 Å². The molecular weight excluding hydrogens is 560 g/mol. The van der Waals surface area contributed by atoms with E-state index >= 15 is 0 Å². The van der Waals surface area contributed by atoms with Crippen molar-refractivity contribution in [3.8, 4) is 11.3 Å². The Bertz CT molecular complexity index is 1990. The minimum absolute atomic E-state index is 0.0549. The predicted molar refractivity (Wildman–Crippen MR) is 174 cm³/mol. The van der Waals surface area contributed by atoms with Gasteiger partial charge in [-0.3, -0.25) is 9.59 Å². The first kappa shape index (κ1) is 27.6. The van der Waals surface area contributed by atoms with E-state index in [4.69, 9.17) is 14.5 Å². The molecule has 4 aliphatic carbocycles. The van der Waals surface area contributed by atoms with Crippen molar-refractivity contribution in [2.45, 2.75) is 43.6 Å². The van der Waals surface area contributed by atoms with Crippen molar-refractivity contribution in [2.24, 2.45) is 5.41 Å². The summed E-state index contributed by atoms with van der Waals surface area (Å²) in [6.45, 7) is 0. The maximum absolute atomic E-state index is 13.6. The molecule has 0 spiro atoms. The normalized spacial score (nSPS) is 25.2. The molecule has 1 aromatic heterocycles. The highest BCUT2D eigenvalue weighted by Crippen LogP contribution is 2.64. The van der Waals surface area contributed by atoms with Crippen molar-refractivity contribution in [2.75, 3.05) is 14.2 Å². The van der Waals surface area contributed by atoms with E-state index in [1.54, 1.807) is 0 Å². The zero-order valence-corrected chi connectivity index (χ0v) is 25.4. The van der Waals surface area contributed by atoms with Crippen molar-refractivity contribution >= 4 is 22.8 Å². The number of nitrogens with zero attached hydrogens (tertiary/aromatic N) is 1. The second-order valence-electron chi connectivity index (χ2n) is 12.6. The monoisotopic (exact) mass is 594 g/mol. The van der Waals surface area contributed by atoms with Gasteiger partial charge in [0.05, 0.1) is 44.3 Å². The van der Waals surface area contributed by atoms with Crippen LogP contribution in [0.4, 0.5) is 0 Å². The summed E-state index contributed by atoms with van der Waals surface area (Å²) in [5.41, 5.74) is 8.77. The Balaban J connectivity index is 1.43. The van der Waals surface area contributed by atoms with E-state index in [-0.39, 0.29) is 30.8 Å². The van der Waals surface area contributed by atoms with E-state index in [2.05, 4.69) is 72.1 Å². The molecule has 3 unspecified atom stereocenters. The van der Waals surface area contributed by atoms with E-state index < -0.39 is 10.8 Å². The Morgan fingerprint density at radius 2 is 1.67 bits per heavy atom. The molecule has 3 aromatic rings. The fourth-order valence-electron chi connectivity index (χ4n) is 8.39. The molecule has 0 saturated carbocycles. The maximum atomic E-state index is 13.6. The molecule has 2 heterocycles. The van der Waals surface area contributed by atoms with Gasteiger partial charge in [0, 0.05) is 27.5 Å². The third-order valence-electron chi connectivity index (χ3n) is 10.3. The number of dihydropyridines is 1. The number of pyridine rings is 1. The first-order chi connectivity index (χ1) is 22.0. The number of methoxy groups -OCH3 is 2. The lowest BCUT2D eigenvalue weighted by Crippen LogP contribution is -2.40. The summed E-state index contributed by atoms with van der Waals surface area (Å²) in [7, 11) is 2.90. The molecule has 0 amide bonds. The number of para-hydroxylation sites is 1. The van der Waals surface area contributed by atoms with Gasteiger partial charge in [0.1, 0.15) is 0 Å². The highest BCUT2D eigenvalue weighted by molar-refractivity contribution is 5.90. The van der Waals surface area contributed by atoms with Crippen LogP contribution in [0.15, 0.2) is 125 Å². The van der Waals surface area contributed by atoms with Crippen molar-refractivity contribution in [1.29, 1.82) is 0 Å². The van der Waals surface area contributed by atoms with Crippen LogP contribution in [-0.2, 0) is 24.5 Å². The average Bonchev–Trinajstić information content (AvgIpc) is 3.48. The van der Waals surface area contributed by atoms with Gasteiger partial charge < -0.3 is 14.8 Å². The van der Waals surface area contributed by atoms with E-state index in [0.717, 1.165) is 74.1 Å². The van der Waals surface area contributed by atoms with Gasteiger partial charge in [-0.2, -0.15) is 0 Å². The van der Waals surface area contributed by atoms with Crippen LogP contribution in [-0.4, -0.2) is 37.2 Å². The summed E-state index contributed by atoms with van der Waals surface area (Å²) >= 11 is 0. The van der Waals surface area contributed by atoms with Crippen LogP contribution in [0.2, 0.25) is 0 Å². The van der Waals surface area contributed by atoms with Gasteiger partial charge in [-0.05, 0) is 64.8 Å². The number of nitrogens with one attached hydrogen (secondary N) is 1. The largest absolute Gasteiger partial charge is 0.469 e. The Morgan fingerprint density at radius 1 is 0.911 bits per heavy atom. The van der Waals surface area contributed by atoms with E-state index in [1.165, 1.54) is 14.2 Å². The molecule has 2 aromatic carbocycles. The number of hydrogen-bond donors (Lipinski definition) is 1. The Hall–Kier alpha value is -4.97. The van der Waals surface area contributed by atoms with Gasteiger partial charge in [-0.15, -0.1) is 0 Å². The van der Waals surface area contributed by atoms with E-state index in [1.807, 2.05) is 30.3 Å². The number of benzene rings is 2. The first-order valence-electron chi connectivity index (χ1n) is 15.6. The number of carbonyl (C=O) groups excluding carboxylic acids is 2. The molecular formula is C39H34N2O4. The highest BCUT2D eigenvalue weighted by Gasteiger charge is 2.57.